The molecule has 1 aliphatic heterocycles. The third-order valence-electron chi connectivity index (χ3n) is 4.56. The number of fused-ring (bicyclic) bond motifs is 1. The third kappa shape index (κ3) is 6.71. The number of carbonyl (C=O) groups excluding carboxylic acids is 1. The number of benzene rings is 1. The Morgan fingerprint density at radius 2 is 1.77 bits per heavy atom. The second-order valence-corrected chi connectivity index (χ2v) is 7.13. The summed E-state index contributed by atoms with van der Waals surface area (Å²) >= 11 is 0. The number of halogens is 3. The van der Waals surface area contributed by atoms with Gasteiger partial charge in [-0.2, -0.15) is 13.2 Å². The van der Waals surface area contributed by atoms with Crippen LogP contribution < -0.4 is 4.74 Å². The van der Waals surface area contributed by atoms with Crippen LogP contribution in [-0.2, 0) is 24.3 Å². The minimum atomic E-state index is -5.08. The number of aliphatic carboxylic acids is 1. The summed E-state index contributed by atoms with van der Waals surface area (Å²) in [5.74, 6) is -0.863. The average Bonchev–Trinajstić information content (AvgIpc) is 2.95. The number of aromatic nitrogens is 2. The summed E-state index contributed by atoms with van der Waals surface area (Å²) in [6.07, 6.45) is -2.34. The zero-order valence-corrected chi connectivity index (χ0v) is 17.5. The lowest BCUT2D eigenvalue weighted by Gasteiger charge is -2.20. The van der Waals surface area contributed by atoms with Crippen LogP contribution in [0.3, 0.4) is 0 Å². The highest BCUT2D eigenvalue weighted by Crippen LogP contribution is 2.17. The monoisotopic (exact) mass is 442 g/mol. The number of carboxylic acids is 1. The number of ether oxygens (including phenoxy) is 1. The van der Waals surface area contributed by atoms with Gasteiger partial charge >= 0.3 is 12.1 Å². The van der Waals surface area contributed by atoms with Gasteiger partial charge in [0.2, 0.25) is 0 Å². The van der Waals surface area contributed by atoms with E-state index in [0.29, 0.717) is 18.7 Å². The average molecular weight is 442 g/mol. The van der Waals surface area contributed by atoms with Crippen molar-refractivity contribution in [2.75, 3.05) is 34.3 Å². The number of amides is 1. The van der Waals surface area contributed by atoms with E-state index in [1.807, 2.05) is 35.4 Å². The Labute approximate surface area is 177 Å². The number of nitrogens with zero attached hydrogens (tertiary/aromatic N) is 4. The predicted molar refractivity (Wildman–Crippen MR) is 106 cm³/mol. The van der Waals surface area contributed by atoms with Gasteiger partial charge in [0.05, 0.1) is 12.8 Å². The van der Waals surface area contributed by atoms with Crippen LogP contribution in [0, 0.1) is 0 Å². The molecule has 0 spiro atoms. The van der Waals surface area contributed by atoms with Crippen LogP contribution in [0.4, 0.5) is 13.2 Å². The number of hydrogen-bond donors (Lipinski definition) is 1. The van der Waals surface area contributed by atoms with E-state index < -0.39 is 12.1 Å². The topological polar surface area (TPSA) is 87.9 Å². The minimum Gasteiger partial charge on any atom is -0.497 e. The van der Waals surface area contributed by atoms with Gasteiger partial charge in [0.25, 0.3) is 5.91 Å². The second-order valence-electron chi connectivity index (χ2n) is 7.13. The first-order valence-corrected chi connectivity index (χ1v) is 9.44. The number of imidazole rings is 1. The molecule has 3 rings (SSSR count). The molecule has 8 nitrogen and oxygen atoms in total. The fourth-order valence-electron chi connectivity index (χ4n) is 3.06. The van der Waals surface area contributed by atoms with Crippen LogP contribution >= 0.6 is 0 Å². The number of alkyl halides is 3. The predicted octanol–water partition coefficient (Wildman–Crippen LogP) is 2.29. The van der Waals surface area contributed by atoms with E-state index in [0.717, 1.165) is 31.1 Å². The van der Waals surface area contributed by atoms with E-state index in [1.54, 1.807) is 7.11 Å². The lowest BCUT2D eigenvalue weighted by atomic mass is 10.2. The Morgan fingerprint density at radius 3 is 2.29 bits per heavy atom. The quantitative estimate of drug-likeness (QED) is 0.782. The van der Waals surface area contributed by atoms with Gasteiger partial charge in [-0.25, -0.2) is 9.78 Å². The molecule has 31 heavy (non-hydrogen) atoms. The van der Waals surface area contributed by atoms with Gasteiger partial charge in [-0.1, -0.05) is 0 Å². The highest BCUT2D eigenvalue weighted by Gasteiger charge is 2.38. The van der Waals surface area contributed by atoms with Crippen molar-refractivity contribution in [3.05, 3.63) is 47.5 Å². The summed E-state index contributed by atoms with van der Waals surface area (Å²) < 4.78 is 39.1. The summed E-state index contributed by atoms with van der Waals surface area (Å²) in [5, 5.41) is 7.12. The third-order valence-corrected chi connectivity index (χ3v) is 4.56. The molecule has 0 bridgehead atoms. The molecule has 0 atom stereocenters. The molecule has 0 fully saturated rings. The minimum absolute atomic E-state index is 0.0672. The van der Waals surface area contributed by atoms with Crippen LogP contribution in [0.25, 0.3) is 0 Å². The molecule has 0 radical (unpaired) electrons. The molecule has 1 amide bonds. The van der Waals surface area contributed by atoms with E-state index in [4.69, 9.17) is 14.6 Å². The molecule has 0 unspecified atom stereocenters. The Morgan fingerprint density at radius 1 is 1.16 bits per heavy atom. The van der Waals surface area contributed by atoms with Gasteiger partial charge in [-0.3, -0.25) is 4.79 Å². The van der Waals surface area contributed by atoms with Gasteiger partial charge in [0, 0.05) is 44.4 Å². The summed E-state index contributed by atoms with van der Waals surface area (Å²) in [6, 6.07) is 7.29. The second kappa shape index (κ2) is 10.3. The van der Waals surface area contributed by atoms with Crippen LogP contribution in [0.15, 0.2) is 30.5 Å². The van der Waals surface area contributed by atoms with Gasteiger partial charge < -0.3 is 24.2 Å². The molecule has 2 heterocycles. The van der Waals surface area contributed by atoms with E-state index in [1.165, 1.54) is 5.69 Å². The summed E-state index contributed by atoms with van der Waals surface area (Å²) in [4.78, 5) is 30.2. The number of methoxy groups -OCH3 is 1. The molecule has 1 aromatic heterocycles. The van der Waals surface area contributed by atoms with E-state index in [9.17, 15) is 18.0 Å². The van der Waals surface area contributed by atoms with Crippen molar-refractivity contribution in [3.63, 3.8) is 0 Å². The molecular formula is C20H25F3N4O4. The molecule has 170 valence electrons. The van der Waals surface area contributed by atoms with Crippen molar-refractivity contribution in [1.82, 2.24) is 19.4 Å². The van der Waals surface area contributed by atoms with E-state index in [-0.39, 0.29) is 5.91 Å². The Kier molecular flexibility index (Phi) is 8.03. The number of carbonyl (C=O) groups is 2. The number of carboxylic acid groups (broad SMARTS) is 1. The first-order chi connectivity index (χ1) is 14.5. The Bertz CT molecular complexity index is 895. The largest absolute Gasteiger partial charge is 0.497 e. The standard InChI is InChI=1S/C18H24N4O2.C2HF3O2/c1-20(2)13-15-12-19-17-8-9-21(10-11-22(15)17)18(23)14-4-6-16(24-3)7-5-14;3-2(4,5)1(6)7/h4-7,12H,8-11,13H2,1-3H3;(H,6,7). The van der Waals surface area contributed by atoms with Crippen molar-refractivity contribution >= 4 is 11.9 Å². The van der Waals surface area contributed by atoms with Crippen molar-refractivity contribution in [3.8, 4) is 5.75 Å². The fraction of sp³-hybridized carbons (Fsp3) is 0.450. The van der Waals surface area contributed by atoms with E-state index >= 15 is 0 Å². The maximum atomic E-state index is 12.7. The van der Waals surface area contributed by atoms with Crippen molar-refractivity contribution in [2.45, 2.75) is 25.7 Å². The molecule has 11 heteroatoms. The molecule has 0 saturated heterocycles. The molecule has 1 N–H and O–H groups in total. The molecule has 0 saturated carbocycles. The fourth-order valence-corrected chi connectivity index (χ4v) is 3.06. The van der Waals surface area contributed by atoms with Gasteiger partial charge in [0.15, 0.2) is 0 Å². The van der Waals surface area contributed by atoms with Gasteiger partial charge in [-0.15, -0.1) is 0 Å². The highest BCUT2D eigenvalue weighted by molar-refractivity contribution is 5.94. The van der Waals surface area contributed by atoms with Crippen LogP contribution in [-0.4, -0.2) is 76.8 Å². The summed E-state index contributed by atoms with van der Waals surface area (Å²) in [6.45, 7) is 3.05. The van der Waals surface area contributed by atoms with Gasteiger partial charge in [-0.05, 0) is 38.4 Å². The highest BCUT2D eigenvalue weighted by atomic mass is 19.4. The first-order valence-electron chi connectivity index (χ1n) is 9.44. The van der Waals surface area contributed by atoms with E-state index in [2.05, 4.69) is 28.5 Å². The normalized spacial score (nSPS) is 13.7. The lowest BCUT2D eigenvalue weighted by Crippen LogP contribution is -2.33. The zero-order chi connectivity index (χ0) is 23.2. The number of rotatable bonds is 4. The molecule has 1 aliphatic rings. The first kappa shape index (κ1) is 24.2. The maximum Gasteiger partial charge on any atom is 0.490 e. The van der Waals surface area contributed by atoms with Crippen molar-refractivity contribution in [2.24, 2.45) is 0 Å². The van der Waals surface area contributed by atoms with Crippen molar-refractivity contribution < 1.29 is 32.6 Å². The Balaban J connectivity index is 0.000000423. The molecule has 1 aromatic carbocycles. The van der Waals surface area contributed by atoms with Crippen LogP contribution in [0.2, 0.25) is 0 Å². The number of hydrogen-bond acceptors (Lipinski definition) is 5. The molecule has 0 aliphatic carbocycles. The molecular weight excluding hydrogens is 417 g/mol. The SMILES string of the molecule is COc1ccc(C(=O)N2CCc3ncc(CN(C)C)n3CC2)cc1.O=C(O)C(F)(F)F. The maximum absolute atomic E-state index is 12.7. The summed E-state index contributed by atoms with van der Waals surface area (Å²) in [7, 11) is 5.73. The van der Waals surface area contributed by atoms with Crippen LogP contribution in [0.1, 0.15) is 21.9 Å². The van der Waals surface area contributed by atoms with Gasteiger partial charge in [0.1, 0.15) is 11.6 Å². The van der Waals surface area contributed by atoms with Crippen molar-refractivity contribution in [1.29, 1.82) is 0 Å². The zero-order valence-electron chi connectivity index (χ0n) is 17.5. The summed E-state index contributed by atoms with van der Waals surface area (Å²) in [5.41, 5.74) is 1.90. The lowest BCUT2D eigenvalue weighted by molar-refractivity contribution is -0.192. The Hall–Kier alpha value is -3.08. The smallest absolute Gasteiger partial charge is 0.490 e. The van der Waals surface area contributed by atoms with Crippen LogP contribution in [0.5, 0.6) is 5.75 Å². The molecule has 2 aromatic rings.